The van der Waals surface area contributed by atoms with Crippen LogP contribution in [0.2, 0.25) is 5.02 Å². The van der Waals surface area contributed by atoms with Crippen molar-refractivity contribution < 1.29 is 18.8 Å². The van der Waals surface area contributed by atoms with Gasteiger partial charge < -0.3 is 19.9 Å². The first kappa shape index (κ1) is 22.3. The first-order valence-corrected chi connectivity index (χ1v) is 9.79. The van der Waals surface area contributed by atoms with Crippen molar-refractivity contribution in [2.24, 2.45) is 0 Å². The van der Waals surface area contributed by atoms with Gasteiger partial charge in [-0.25, -0.2) is 0 Å². The van der Waals surface area contributed by atoms with Gasteiger partial charge in [0.15, 0.2) is 5.82 Å². The summed E-state index contributed by atoms with van der Waals surface area (Å²) in [5.41, 5.74) is 1.10. The van der Waals surface area contributed by atoms with Gasteiger partial charge in [0, 0.05) is 0 Å². The van der Waals surface area contributed by atoms with E-state index < -0.39 is 0 Å². The number of likely N-dealkylation sites (N-methyl/N-ethyl adjacent to an activating group) is 1. The highest BCUT2D eigenvalue weighted by Crippen LogP contribution is 2.23. The maximum Gasteiger partial charge on any atom is 0.240 e. The van der Waals surface area contributed by atoms with E-state index in [-0.39, 0.29) is 37.1 Å². The van der Waals surface area contributed by atoms with Crippen molar-refractivity contribution >= 4 is 34.8 Å². The second-order valence-corrected chi connectivity index (χ2v) is 7.14. The maximum absolute atomic E-state index is 12.3. The van der Waals surface area contributed by atoms with Crippen molar-refractivity contribution in [1.82, 2.24) is 15.0 Å². The third kappa shape index (κ3) is 6.53. The number of ether oxygens (including phenoxy) is 1. The van der Waals surface area contributed by atoms with Crippen LogP contribution in [-0.4, -0.2) is 47.6 Å². The van der Waals surface area contributed by atoms with E-state index in [9.17, 15) is 9.59 Å². The molecule has 0 unspecified atom stereocenters. The lowest BCUT2D eigenvalue weighted by molar-refractivity contribution is -0.117. The molecule has 0 radical (unpaired) electrons. The van der Waals surface area contributed by atoms with E-state index in [4.69, 9.17) is 20.9 Å². The molecule has 0 aliphatic heterocycles. The number of halogens is 1. The molecular formula is C21H22ClN5O4. The van der Waals surface area contributed by atoms with Crippen molar-refractivity contribution in [2.75, 3.05) is 31.3 Å². The van der Waals surface area contributed by atoms with Crippen molar-refractivity contribution in [3.8, 4) is 5.75 Å². The number of aromatic nitrogens is 2. The van der Waals surface area contributed by atoms with Crippen LogP contribution in [0.15, 0.2) is 53.1 Å². The van der Waals surface area contributed by atoms with Crippen molar-refractivity contribution in [2.45, 2.75) is 13.0 Å². The molecule has 1 heterocycles. The SMILES string of the molecule is COc1ccccc1NC(=O)Cc1noc(CN(C)CC(=O)Nc2ccccc2Cl)n1. The van der Waals surface area contributed by atoms with Crippen LogP contribution in [0, 0.1) is 0 Å². The number of hydrogen-bond acceptors (Lipinski definition) is 7. The smallest absolute Gasteiger partial charge is 0.240 e. The van der Waals surface area contributed by atoms with Gasteiger partial charge in [0.1, 0.15) is 5.75 Å². The molecule has 3 aromatic rings. The Bertz CT molecular complexity index is 1060. The summed E-state index contributed by atoms with van der Waals surface area (Å²) in [6.07, 6.45) is -0.0573. The van der Waals surface area contributed by atoms with Crippen LogP contribution in [0.3, 0.4) is 0 Å². The Hall–Kier alpha value is -3.43. The lowest BCUT2D eigenvalue weighted by atomic mass is 10.2. The third-order valence-corrected chi connectivity index (χ3v) is 4.51. The Morgan fingerprint density at radius 1 is 1.06 bits per heavy atom. The Morgan fingerprint density at radius 2 is 1.74 bits per heavy atom. The van der Waals surface area contributed by atoms with Gasteiger partial charge in [-0.1, -0.05) is 41.0 Å². The van der Waals surface area contributed by atoms with Gasteiger partial charge >= 0.3 is 0 Å². The molecule has 0 saturated heterocycles. The summed E-state index contributed by atoms with van der Waals surface area (Å²) >= 11 is 6.05. The van der Waals surface area contributed by atoms with Crippen LogP contribution in [0.5, 0.6) is 5.75 Å². The molecule has 0 bridgehead atoms. The average molecular weight is 444 g/mol. The van der Waals surface area contributed by atoms with E-state index in [0.717, 1.165) is 0 Å². The first-order chi connectivity index (χ1) is 14.9. The molecule has 1 aromatic heterocycles. The summed E-state index contributed by atoms with van der Waals surface area (Å²) in [5, 5.41) is 9.80. The highest BCUT2D eigenvalue weighted by atomic mass is 35.5. The van der Waals surface area contributed by atoms with Crippen molar-refractivity contribution in [3.05, 3.63) is 65.3 Å². The summed E-state index contributed by atoms with van der Waals surface area (Å²) in [5.74, 6) is 0.571. The van der Waals surface area contributed by atoms with Crippen LogP contribution in [0.4, 0.5) is 11.4 Å². The Labute approximate surface area is 184 Å². The Kier molecular flexibility index (Phi) is 7.58. The minimum absolute atomic E-state index is 0.0573. The largest absolute Gasteiger partial charge is 0.495 e. The number of rotatable bonds is 9. The lowest BCUT2D eigenvalue weighted by Gasteiger charge is -2.14. The second-order valence-electron chi connectivity index (χ2n) is 6.73. The van der Waals surface area contributed by atoms with Gasteiger partial charge in [-0.2, -0.15) is 4.98 Å². The zero-order valence-electron chi connectivity index (χ0n) is 17.1. The minimum atomic E-state index is -0.302. The number of amides is 2. The highest BCUT2D eigenvalue weighted by molar-refractivity contribution is 6.33. The van der Waals surface area contributed by atoms with E-state index in [1.807, 2.05) is 6.07 Å². The molecule has 0 aliphatic carbocycles. The quantitative estimate of drug-likeness (QED) is 0.523. The van der Waals surface area contributed by atoms with Crippen LogP contribution in [0.1, 0.15) is 11.7 Å². The summed E-state index contributed by atoms with van der Waals surface area (Å²) < 4.78 is 10.4. The molecule has 0 aliphatic rings. The van der Waals surface area contributed by atoms with E-state index >= 15 is 0 Å². The third-order valence-electron chi connectivity index (χ3n) is 4.18. The average Bonchev–Trinajstić information content (AvgIpc) is 3.16. The normalized spacial score (nSPS) is 10.7. The fourth-order valence-corrected chi connectivity index (χ4v) is 2.98. The molecule has 10 heteroatoms. The Morgan fingerprint density at radius 3 is 2.48 bits per heavy atom. The number of nitrogens with one attached hydrogen (secondary N) is 2. The van der Waals surface area contributed by atoms with Crippen molar-refractivity contribution in [3.63, 3.8) is 0 Å². The number of carbonyl (C=O) groups is 2. The van der Waals surface area contributed by atoms with Gasteiger partial charge in [-0.05, 0) is 31.3 Å². The number of para-hydroxylation sites is 3. The Balaban J connectivity index is 1.49. The second kappa shape index (κ2) is 10.6. The summed E-state index contributed by atoms with van der Waals surface area (Å²) in [6, 6.07) is 14.1. The molecule has 3 rings (SSSR count). The summed E-state index contributed by atoms with van der Waals surface area (Å²) in [4.78, 5) is 30.4. The van der Waals surface area contributed by atoms with E-state index in [1.54, 1.807) is 54.4 Å². The molecule has 2 aromatic carbocycles. The minimum Gasteiger partial charge on any atom is -0.495 e. The molecule has 2 amide bonds. The highest BCUT2D eigenvalue weighted by Gasteiger charge is 2.15. The number of anilines is 2. The molecule has 0 saturated carbocycles. The van der Waals surface area contributed by atoms with E-state index in [1.165, 1.54) is 7.11 Å². The maximum atomic E-state index is 12.3. The molecule has 2 N–H and O–H groups in total. The number of hydrogen-bond donors (Lipinski definition) is 2. The zero-order valence-corrected chi connectivity index (χ0v) is 17.8. The zero-order chi connectivity index (χ0) is 22.2. The molecular weight excluding hydrogens is 422 g/mol. The van der Waals surface area contributed by atoms with Crippen LogP contribution >= 0.6 is 11.6 Å². The van der Waals surface area contributed by atoms with Gasteiger partial charge in [-0.15, -0.1) is 0 Å². The topological polar surface area (TPSA) is 110 Å². The number of benzene rings is 2. The van der Waals surface area contributed by atoms with Gasteiger partial charge in [0.2, 0.25) is 17.7 Å². The molecule has 9 nitrogen and oxygen atoms in total. The molecule has 0 atom stereocenters. The van der Waals surface area contributed by atoms with Gasteiger partial charge in [-0.3, -0.25) is 14.5 Å². The van der Waals surface area contributed by atoms with Crippen LogP contribution in [0.25, 0.3) is 0 Å². The number of methoxy groups -OCH3 is 1. The molecule has 0 fully saturated rings. The van der Waals surface area contributed by atoms with Gasteiger partial charge in [0.05, 0.1) is 43.0 Å². The van der Waals surface area contributed by atoms with Crippen molar-refractivity contribution in [1.29, 1.82) is 0 Å². The predicted molar refractivity (Wildman–Crippen MR) is 116 cm³/mol. The number of carbonyl (C=O) groups excluding carboxylic acids is 2. The standard InChI is InChI=1S/C21H22ClN5O4/c1-27(12-20(29)23-15-8-4-3-7-14(15)22)13-21-25-18(26-31-21)11-19(28)24-16-9-5-6-10-17(16)30-2/h3-10H,11-13H2,1-2H3,(H,23,29)(H,24,28). The van der Waals surface area contributed by atoms with Crippen LogP contribution < -0.4 is 15.4 Å². The van der Waals surface area contributed by atoms with E-state index in [0.29, 0.717) is 28.0 Å². The first-order valence-electron chi connectivity index (χ1n) is 9.42. The van der Waals surface area contributed by atoms with Crippen LogP contribution in [-0.2, 0) is 22.6 Å². The fraction of sp³-hybridized carbons (Fsp3) is 0.238. The van der Waals surface area contributed by atoms with E-state index in [2.05, 4.69) is 20.8 Å². The molecule has 31 heavy (non-hydrogen) atoms. The predicted octanol–water partition coefficient (Wildman–Crippen LogP) is 2.98. The molecule has 162 valence electrons. The summed E-state index contributed by atoms with van der Waals surface area (Å²) in [7, 11) is 3.27. The molecule has 0 spiro atoms. The monoisotopic (exact) mass is 443 g/mol. The number of nitrogens with zero attached hydrogens (tertiary/aromatic N) is 3. The summed E-state index contributed by atoms with van der Waals surface area (Å²) in [6.45, 7) is 0.342. The van der Waals surface area contributed by atoms with Gasteiger partial charge in [0.25, 0.3) is 0 Å². The fourth-order valence-electron chi connectivity index (χ4n) is 2.80. The lowest BCUT2D eigenvalue weighted by Crippen LogP contribution is -2.30.